The Labute approximate surface area is 159 Å². The van der Waals surface area contributed by atoms with Gasteiger partial charge in [0.2, 0.25) is 0 Å². The van der Waals surface area contributed by atoms with E-state index in [0.29, 0.717) is 12.2 Å². The molecule has 7 heteroatoms. The van der Waals surface area contributed by atoms with Crippen molar-refractivity contribution in [2.75, 3.05) is 39.3 Å². The Morgan fingerprint density at radius 3 is 2.65 bits per heavy atom. The van der Waals surface area contributed by atoms with Crippen LogP contribution in [-0.2, 0) is 4.74 Å². The molecule has 0 radical (unpaired) electrons. The molecule has 4 nitrogen and oxygen atoms in total. The number of halogens is 3. The van der Waals surface area contributed by atoms with Crippen LogP contribution in [0, 0.1) is 10.7 Å². The number of ether oxygens (including phenoxy) is 1. The molecule has 20 heavy (non-hydrogen) atoms. The number of carbonyl (C=O) groups excluding carboxylic acids is 1. The van der Waals surface area contributed by atoms with Crippen molar-refractivity contribution in [2.24, 2.45) is 0 Å². The molecule has 0 aliphatic carbocycles. The van der Waals surface area contributed by atoms with E-state index >= 15 is 0 Å². The minimum Gasteiger partial charge on any atom is -0.461 e. The van der Waals surface area contributed by atoms with Crippen molar-refractivity contribution in [3.63, 3.8) is 0 Å². The van der Waals surface area contributed by atoms with E-state index in [4.69, 9.17) is 4.74 Å². The Balaban J connectivity index is 1.88. The molecule has 1 saturated heterocycles. The number of hydrogen-bond acceptors (Lipinski definition) is 4. The highest BCUT2D eigenvalue weighted by Crippen LogP contribution is 2.23. The number of esters is 1. The smallest absolute Gasteiger partial charge is 0.339 e. The first-order valence-corrected chi connectivity index (χ1v) is 9.56. The highest BCUT2D eigenvalue weighted by molar-refractivity contribution is 14.1. The molecule has 110 valence electrons. The molecule has 0 amide bonds. The lowest BCUT2D eigenvalue weighted by Crippen LogP contribution is -2.44. The van der Waals surface area contributed by atoms with Crippen molar-refractivity contribution in [1.82, 2.24) is 10.2 Å². The standard InChI is InChI=1S/C13H15I3N2O2/c14-9-7-10(12(16)11(15)8-9)13(19)20-6-5-18-3-1-17-2-4-18/h7-8,17H,1-6H2. The van der Waals surface area contributed by atoms with Crippen molar-refractivity contribution in [3.8, 4) is 0 Å². The largest absolute Gasteiger partial charge is 0.461 e. The summed E-state index contributed by atoms with van der Waals surface area (Å²) >= 11 is 6.67. The Hall–Kier alpha value is 0.800. The van der Waals surface area contributed by atoms with Gasteiger partial charge in [-0.3, -0.25) is 4.90 Å². The van der Waals surface area contributed by atoms with Crippen LogP contribution in [0.2, 0.25) is 0 Å². The van der Waals surface area contributed by atoms with Crippen LogP contribution in [0.1, 0.15) is 10.4 Å². The highest BCUT2D eigenvalue weighted by atomic mass is 127. The van der Waals surface area contributed by atoms with Crippen LogP contribution in [0.4, 0.5) is 0 Å². The second kappa shape index (κ2) is 8.44. The summed E-state index contributed by atoms with van der Waals surface area (Å²) in [5.74, 6) is -0.221. The Kier molecular flexibility index (Phi) is 7.24. The van der Waals surface area contributed by atoms with E-state index in [-0.39, 0.29) is 5.97 Å². The summed E-state index contributed by atoms with van der Waals surface area (Å²) in [7, 11) is 0. The molecule has 0 bridgehead atoms. The van der Waals surface area contributed by atoms with Gasteiger partial charge < -0.3 is 10.1 Å². The van der Waals surface area contributed by atoms with Crippen LogP contribution in [0.25, 0.3) is 0 Å². The minimum absolute atomic E-state index is 0.221. The van der Waals surface area contributed by atoms with Crippen molar-refractivity contribution in [3.05, 3.63) is 28.4 Å². The van der Waals surface area contributed by atoms with Crippen molar-refractivity contribution >= 4 is 73.7 Å². The third-order valence-corrected chi connectivity index (χ3v) is 6.73. The van der Waals surface area contributed by atoms with Gasteiger partial charge in [0.15, 0.2) is 0 Å². The molecule has 2 rings (SSSR count). The van der Waals surface area contributed by atoms with Gasteiger partial charge in [0.1, 0.15) is 6.61 Å². The summed E-state index contributed by atoms with van der Waals surface area (Å²) in [6.07, 6.45) is 0. The normalized spacial score (nSPS) is 16.1. The zero-order valence-electron chi connectivity index (χ0n) is 10.8. The van der Waals surface area contributed by atoms with E-state index in [1.807, 2.05) is 6.07 Å². The monoisotopic (exact) mass is 612 g/mol. The molecule has 1 aliphatic heterocycles. The summed E-state index contributed by atoms with van der Waals surface area (Å²) in [6.45, 7) is 5.34. The van der Waals surface area contributed by atoms with E-state index in [9.17, 15) is 4.79 Å². The fraction of sp³-hybridized carbons (Fsp3) is 0.462. The van der Waals surface area contributed by atoms with Crippen LogP contribution >= 0.6 is 67.8 Å². The maximum Gasteiger partial charge on any atom is 0.339 e. The van der Waals surface area contributed by atoms with E-state index < -0.39 is 0 Å². The van der Waals surface area contributed by atoms with Crippen LogP contribution in [0.3, 0.4) is 0 Å². The molecule has 0 spiro atoms. The van der Waals surface area contributed by atoms with Gasteiger partial charge in [-0.25, -0.2) is 4.79 Å². The van der Waals surface area contributed by atoms with E-state index in [0.717, 1.165) is 43.4 Å². The van der Waals surface area contributed by atoms with Gasteiger partial charge >= 0.3 is 5.97 Å². The lowest BCUT2D eigenvalue weighted by molar-refractivity contribution is 0.0454. The van der Waals surface area contributed by atoms with Crippen LogP contribution in [-0.4, -0.2) is 50.2 Å². The molecule has 1 aromatic carbocycles. The Morgan fingerprint density at radius 1 is 1.25 bits per heavy atom. The van der Waals surface area contributed by atoms with Gasteiger partial charge in [-0.2, -0.15) is 0 Å². The Bertz CT molecular complexity index is 491. The first-order valence-electron chi connectivity index (χ1n) is 6.32. The minimum atomic E-state index is -0.221. The predicted octanol–water partition coefficient (Wildman–Crippen LogP) is 2.56. The maximum atomic E-state index is 12.1. The second-order valence-corrected chi connectivity index (χ2v) is 7.96. The highest BCUT2D eigenvalue weighted by Gasteiger charge is 2.16. The molecule has 0 atom stereocenters. The van der Waals surface area contributed by atoms with Gasteiger partial charge in [-0.05, 0) is 79.9 Å². The van der Waals surface area contributed by atoms with E-state index in [1.165, 1.54) is 0 Å². The summed E-state index contributed by atoms with van der Waals surface area (Å²) in [5, 5.41) is 3.31. The molecule has 1 fully saturated rings. The average Bonchev–Trinajstić information content (AvgIpc) is 2.44. The van der Waals surface area contributed by atoms with Gasteiger partial charge in [0, 0.05) is 43.4 Å². The number of benzene rings is 1. The quantitative estimate of drug-likeness (QED) is 0.323. The van der Waals surface area contributed by atoms with Gasteiger partial charge in [-0.15, -0.1) is 0 Å². The number of nitrogens with one attached hydrogen (secondary N) is 1. The molecule has 1 aliphatic rings. The summed E-state index contributed by atoms with van der Waals surface area (Å²) in [5.41, 5.74) is 0.669. The SMILES string of the molecule is O=C(OCCN1CCNCC1)c1cc(I)cc(I)c1I. The summed E-state index contributed by atoms with van der Waals surface area (Å²) in [4.78, 5) is 14.5. The molecular weight excluding hydrogens is 597 g/mol. The maximum absolute atomic E-state index is 12.1. The molecule has 0 aromatic heterocycles. The van der Waals surface area contributed by atoms with Gasteiger partial charge in [0.05, 0.1) is 5.56 Å². The molecule has 1 aromatic rings. The number of carbonyl (C=O) groups is 1. The van der Waals surface area contributed by atoms with E-state index in [1.54, 1.807) is 0 Å². The molecule has 1 heterocycles. The van der Waals surface area contributed by atoms with Crippen LogP contribution in [0.15, 0.2) is 12.1 Å². The van der Waals surface area contributed by atoms with Crippen molar-refractivity contribution in [2.45, 2.75) is 0 Å². The fourth-order valence-electron chi connectivity index (χ4n) is 1.98. The average molecular weight is 612 g/mol. The molecule has 1 N–H and O–H groups in total. The number of rotatable bonds is 4. The van der Waals surface area contributed by atoms with Gasteiger partial charge in [0.25, 0.3) is 0 Å². The zero-order chi connectivity index (χ0) is 14.5. The van der Waals surface area contributed by atoms with Crippen LogP contribution < -0.4 is 5.32 Å². The fourth-order valence-corrected chi connectivity index (χ4v) is 4.36. The lowest BCUT2D eigenvalue weighted by Gasteiger charge is -2.26. The third-order valence-electron chi connectivity index (χ3n) is 3.06. The number of hydrogen-bond donors (Lipinski definition) is 1. The molecule has 0 unspecified atom stereocenters. The lowest BCUT2D eigenvalue weighted by atomic mass is 10.2. The third kappa shape index (κ3) is 4.92. The van der Waals surface area contributed by atoms with Crippen molar-refractivity contribution in [1.29, 1.82) is 0 Å². The number of piperazine rings is 1. The summed E-state index contributed by atoms with van der Waals surface area (Å²) in [6, 6.07) is 3.94. The van der Waals surface area contributed by atoms with Gasteiger partial charge in [-0.1, -0.05) is 0 Å². The summed E-state index contributed by atoms with van der Waals surface area (Å²) < 4.78 is 8.52. The second-order valence-electron chi connectivity index (χ2n) is 4.48. The molecule has 0 saturated carbocycles. The van der Waals surface area contributed by atoms with E-state index in [2.05, 4.69) is 84.1 Å². The topological polar surface area (TPSA) is 41.6 Å². The molecular formula is C13H15I3N2O2. The van der Waals surface area contributed by atoms with Crippen LogP contribution in [0.5, 0.6) is 0 Å². The first-order chi connectivity index (χ1) is 9.58. The predicted molar refractivity (Wildman–Crippen MR) is 104 cm³/mol. The zero-order valence-corrected chi connectivity index (χ0v) is 17.3. The number of nitrogens with zero attached hydrogens (tertiary/aromatic N) is 1. The Morgan fingerprint density at radius 2 is 1.95 bits per heavy atom. The van der Waals surface area contributed by atoms with Crippen molar-refractivity contribution < 1.29 is 9.53 Å². The first kappa shape index (κ1) is 17.2.